The number of rotatable bonds is 9. The fraction of sp³-hybridized carbons (Fsp3) is 0.375. The summed E-state index contributed by atoms with van der Waals surface area (Å²) in [6.45, 7) is 2.47. The largest absolute Gasteiger partial charge is 0.493 e. The number of benzene rings is 2. The molecule has 1 aliphatic carbocycles. The van der Waals surface area contributed by atoms with Crippen molar-refractivity contribution in [1.29, 1.82) is 0 Å². The maximum absolute atomic E-state index is 12.6. The van der Waals surface area contributed by atoms with Crippen LogP contribution in [-0.2, 0) is 11.0 Å². The lowest BCUT2D eigenvalue weighted by Gasteiger charge is -2.18. The summed E-state index contributed by atoms with van der Waals surface area (Å²) in [7, 11) is 0. The number of hydrogen-bond donors (Lipinski definition) is 1. The van der Waals surface area contributed by atoms with Crippen LogP contribution < -0.4 is 9.47 Å². The Balaban J connectivity index is 1.52. The highest BCUT2D eigenvalue weighted by molar-refractivity contribution is 5.69. The molecular formula is C24H23F3O4. The summed E-state index contributed by atoms with van der Waals surface area (Å²) in [5.74, 6) is 5.44. The number of aliphatic carboxylic acids is 1. The summed E-state index contributed by atoms with van der Waals surface area (Å²) in [4.78, 5) is 11.0. The van der Waals surface area contributed by atoms with E-state index in [9.17, 15) is 18.0 Å². The minimum atomic E-state index is -4.36. The standard InChI is InChI=1S/C24H23F3O4/c1-2-3-18(14-22(28)29)17-4-8-20(9-5-17)30-15-23(12-13-23)16-31-21-10-6-19(7-11-21)24(25,26)27/h4-11,18H,12-16H2,1H3,(H,28,29). The smallest absolute Gasteiger partial charge is 0.416 e. The third-order valence-electron chi connectivity index (χ3n) is 5.21. The number of alkyl halides is 3. The Labute approximate surface area is 179 Å². The molecule has 31 heavy (non-hydrogen) atoms. The van der Waals surface area contributed by atoms with E-state index in [4.69, 9.17) is 14.6 Å². The maximum atomic E-state index is 12.6. The normalized spacial score (nSPS) is 15.4. The van der Waals surface area contributed by atoms with E-state index in [0.717, 1.165) is 30.5 Å². The first kappa shape index (κ1) is 22.5. The van der Waals surface area contributed by atoms with E-state index in [1.165, 1.54) is 12.1 Å². The zero-order valence-electron chi connectivity index (χ0n) is 17.0. The molecule has 164 valence electrons. The summed E-state index contributed by atoms with van der Waals surface area (Å²) in [5.41, 5.74) is -0.0416. The summed E-state index contributed by atoms with van der Waals surface area (Å²) in [5, 5.41) is 9.03. The van der Waals surface area contributed by atoms with Gasteiger partial charge in [0.15, 0.2) is 0 Å². The average Bonchev–Trinajstić information content (AvgIpc) is 3.51. The van der Waals surface area contributed by atoms with Gasteiger partial charge in [-0.3, -0.25) is 4.79 Å². The van der Waals surface area contributed by atoms with Crippen LogP contribution in [0.2, 0.25) is 0 Å². The van der Waals surface area contributed by atoms with Crippen molar-refractivity contribution in [2.24, 2.45) is 5.41 Å². The molecule has 0 amide bonds. The predicted octanol–water partition coefficient (Wildman–Crippen LogP) is 5.53. The Hall–Kier alpha value is -3.14. The molecule has 3 rings (SSSR count). The van der Waals surface area contributed by atoms with Gasteiger partial charge in [0, 0.05) is 5.41 Å². The van der Waals surface area contributed by atoms with Gasteiger partial charge in [0.25, 0.3) is 0 Å². The monoisotopic (exact) mass is 432 g/mol. The van der Waals surface area contributed by atoms with E-state index in [1.807, 2.05) is 12.1 Å². The van der Waals surface area contributed by atoms with Crippen LogP contribution in [0.15, 0.2) is 48.5 Å². The van der Waals surface area contributed by atoms with Gasteiger partial charge in [0.2, 0.25) is 0 Å². The van der Waals surface area contributed by atoms with Crippen LogP contribution in [-0.4, -0.2) is 24.3 Å². The molecule has 0 aromatic heterocycles. The summed E-state index contributed by atoms with van der Waals surface area (Å²) >= 11 is 0. The van der Waals surface area contributed by atoms with Gasteiger partial charge in [0.05, 0.1) is 31.1 Å². The molecule has 1 saturated carbocycles. The van der Waals surface area contributed by atoms with E-state index in [0.29, 0.717) is 24.7 Å². The molecule has 0 radical (unpaired) electrons. The molecule has 1 unspecified atom stereocenters. The zero-order chi connectivity index (χ0) is 22.5. The Morgan fingerprint density at radius 2 is 1.55 bits per heavy atom. The number of halogens is 3. The number of carboxylic acids is 1. The second-order valence-electron chi connectivity index (χ2n) is 7.71. The van der Waals surface area contributed by atoms with Gasteiger partial charge in [-0.1, -0.05) is 18.1 Å². The van der Waals surface area contributed by atoms with Crippen molar-refractivity contribution in [1.82, 2.24) is 0 Å². The average molecular weight is 432 g/mol. The first-order chi connectivity index (χ1) is 14.7. The van der Waals surface area contributed by atoms with Crippen LogP contribution in [0.3, 0.4) is 0 Å². The molecule has 0 heterocycles. The van der Waals surface area contributed by atoms with Crippen molar-refractivity contribution in [3.8, 4) is 23.3 Å². The quantitative estimate of drug-likeness (QED) is 0.530. The van der Waals surface area contributed by atoms with Gasteiger partial charge >= 0.3 is 12.1 Å². The maximum Gasteiger partial charge on any atom is 0.416 e. The minimum Gasteiger partial charge on any atom is -0.493 e. The van der Waals surface area contributed by atoms with Crippen LogP contribution in [0, 0.1) is 17.3 Å². The third-order valence-corrected chi connectivity index (χ3v) is 5.21. The summed E-state index contributed by atoms with van der Waals surface area (Å²) < 4.78 is 49.5. The fourth-order valence-electron chi connectivity index (χ4n) is 3.12. The van der Waals surface area contributed by atoms with E-state index < -0.39 is 17.7 Å². The van der Waals surface area contributed by atoms with Crippen molar-refractivity contribution < 1.29 is 32.5 Å². The van der Waals surface area contributed by atoms with Gasteiger partial charge < -0.3 is 14.6 Å². The molecule has 0 bridgehead atoms. The molecule has 1 aliphatic rings. The van der Waals surface area contributed by atoms with Crippen molar-refractivity contribution in [2.75, 3.05) is 13.2 Å². The zero-order valence-corrected chi connectivity index (χ0v) is 17.0. The highest BCUT2D eigenvalue weighted by Gasteiger charge is 2.44. The second-order valence-corrected chi connectivity index (χ2v) is 7.71. The van der Waals surface area contributed by atoms with Crippen molar-refractivity contribution in [3.05, 3.63) is 59.7 Å². The number of carbonyl (C=O) groups is 1. The van der Waals surface area contributed by atoms with E-state index >= 15 is 0 Å². The summed E-state index contributed by atoms with van der Waals surface area (Å²) in [6.07, 6.45) is -2.60. The first-order valence-corrected chi connectivity index (χ1v) is 9.88. The van der Waals surface area contributed by atoms with Gasteiger partial charge in [-0.05, 0) is 61.7 Å². The molecule has 1 atom stereocenters. The SMILES string of the molecule is CC#CC(CC(=O)O)c1ccc(OCC2(COc3ccc(C(F)(F)F)cc3)CC2)cc1. The van der Waals surface area contributed by atoms with Gasteiger partial charge in [-0.15, -0.1) is 5.92 Å². The van der Waals surface area contributed by atoms with Crippen LogP contribution in [0.25, 0.3) is 0 Å². The molecule has 0 spiro atoms. The Bertz CT molecular complexity index is 950. The molecule has 0 aliphatic heterocycles. The van der Waals surface area contributed by atoms with Gasteiger partial charge in [0.1, 0.15) is 11.5 Å². The Morgan fingerprint density at radius 3 is 1.97 bits per heavy atom. The number of ether oxygens (including phenoxy) is 2. The lowest BCUT2D eigenvalue weighted by Crippen LogP contribution is -2.21. The predicted molar refractivity (Wildman–Crippen MR) is 109 cm³/mol. The topological polar surface area (TPSA) is 55.8 Å². The van der Waals surface area contributed by atoms with E-state index in [-0.39, 0.29) is 17.8 Å². The lowest BCUT2D eigenvalue weighted by atomic mass is 9.96. The molecule has 1 N–H and O–H groups in total. The first-order valence-electron chi connectivity index (χ1n) is 9.88. The lowest BCUT2D eigenvalue weighted by molar-refractivity contribution is -0.138. The number of carboxylic acid groups (broad SMARTS) is 1. The molecule has 1 fully saturated rings. The molecule has 4 nitrogen and oxygen atoms in total. The summed E-state index contributed by atoms with van der Waals surface area (Å²) in [6, 6.07) is 11.9. The van der Waals surface area contributed by atoms with E-state index in [2.05, 4.69) is 11.8 Å². The minimum absolute atomic E-state index is 0.0640. The molecular weight excluding hydrogens is 409 g/mol. The van der Waals surface area contributed by atoms with Crippen LogP contribution in [0.1, 0.15) is 43.2 Å². The number of hydrogen-bond acceptors (Lipinski definition) is 3. The molecule has 7 heteroatoms. The van der Waals surface area contributed by atoms with Crippen molar-refractivity contribution in [2.45, 2.75) is 38.3 Å². The second kappa shape index (κ2) is 9.34. The third kappa shape index (κ3) is 6.42. The van der Waals surface area contributed by atoms with Crippen molar-refractivity contribution >= 4 is 5.97 Å². The van der Waals surface area contributed by atoms with Crippen molar-refractivity contribution in [3.63, 3.8) is 0 Å². The molecule has 0 saturated heterocycles. The van der Waals surface area contributed by atoms with Crippen LogP contribution in [0.5, 0.6) is 11.5 Å². The van der Waals surface area contributed by atoms with E-state index in [1.54, 1.807) is 19.1 Å². The molecule has 2 aromatic rings. The Morgan fingerprint density at radius 1 is 1.03 bits per heavy atom. The fourth-order valence-corrected chi connectivity index (χ4v) is 3.12. The molecule has 2 aromatic carbocycles. The van der Waals surface area contributed by atoms with Crippen LogP contribution >= 0.6 is 0 Å². The Kier molecular flexibility index (Phi) is 6.79. The highest BCUT2D eigenvalue weighted by Crippen LogP contribution is 2.46. The highest BCUT2D eigenvalue weighted by atomic mass is 19.4. The van der Waals surface area contributed by atoms with Gasteiger partial charge in [-0.2, -0.15) is 13.2 Å². The van der Waals surface area contributed by atoms with Gasteiger partial charge in [-0.25, -0.2) is 0 Å². The van der Waals surface area contributed by atoms with Crippen LogP contribution in [0.4, 0.5) is 13.2 Å².